The van der Waals surface area contributed by atoms with Crippen LogP contribution in [0.4, 0.5) is 10.1 Å². The van der Waals surface area contributed by atoms with Crippen LogP contribution in [-0.2, 0) is 9.59 Å². The number of aromatic amines is 1. The van der Waals surface area contributed by atoms with Gasteiger partial charge in [0.25, 0.3) is 0 Å². The Kier molecular flexibility index (Phi) is 8.26. The van der Waals surface area contributed by atoms with Gasteiger partial charge in [-0.05, 0) is 80.5 Å². The van der Waals surface area contributed by atoms with Gasteiger partial charge in [0, 0.05) is 35.1 Å². The molecule has 39 heavy (non-hydrogen) atoms. The number of halogens is 1. The number of amides is 2. The quantitative estimate of drug-likeness (QED) is 0.392. The summed E-state index contributed by atoms with van der Waals surface area (Å²) in [7, 11) is 0. The van der Waals surface area contributed by atoms with E-state index in [0.717, 1.165) is 50.3 Å². The number of carboxylic acid groups (broad SMARTS) is 1. The minimum Gasteiger partial charge on any atom is -0.477 e. The zero-order valence-corrected chi connectivity index (χ0v) is 22.8. The molecule has 8 nitrogen and oxygen atoms in total. The van der Waals surface area contributed by atoms with E-state index in [0.29, 0.717) is 42.1 Å². The van der Waals surface area contributed by atoms with Crippen molar-refractivity contribution in [1.82, 2.24) is 9.88 Å². The standard InChI is InChI=1S/C30H41FN4O4/c1-17-23-15-21(11-12-25(23)34-26(17)30(38)39)33-28(36)27-22(18-5-3-2-4-6-18)13-14-35(27)29(37)20-9-7-19(8-10-20)24(32)16-31/h11-12,15,18-20,22,24,27,34H,2-10,13-14,16,32H2,1H3,(H,33,36)(H,38,39)/t19?,20?,22?,24-,27+/m1/s1. The summed E-state index contributed by atoms with van der Waals surface area (Å²) in [6, 6.07) is 4.37. The summed E-state index contributed by atoms with van der Waals surface area (Å²) in [6.07, 6.45) is 9.42. The highest BCUT2D eigenvalue weighted by Gasteiger charge is 2.47. The number of hydrogen-bond acceptors (Lipinski definition) is 4. The molecule has 5 rings (SSSR count). The fourth-order valence-electron chi connectivity index (χ4n) is 7.44. The summed E-state index contributed by atoms with van der Waals surface area (Å²) in [5, 5.41) is 13.3. The first-order chi connectivity index (χ1) is 18.8. The number of likely N-dealkylation sites (tertiary alicyclic amines) is 1. The van der Waals surface area contributed by atoms with E-state index in [2.05, 4.69) is 10.3 Å². The lowest BCUT2D eigenvalue weighted by Gasteiger charge is -2.36. The number of anilines is 1. The molecule has 0 bridgehead atoms. The summed E-state index contributed by atoms with van der Waals surface area (Å²) < 4.78 is 13.1. The van der Waals surface area contributed by atoms with Crippen LogP contribution < -0.4 is 11.1 Å². The topological polar surface area (TPSA) is 129 Å². The highest BCUT2D eigenvalue weighted by molar-refractivity contribution is 6.02. The van der Waals surface area contributed by atoms with Crippen molar-refractivity contribution in [2.24, 2.45) is 29.4 Å². The smallest absolute Gasteiger partial charge is 0.352 e. The van der Waals surface area contributed by atoms with Gasteiger partial charge < -0.3 is 26.0 Å². The van der Waals surface area contributed by atoms with Crippen molar-refractivity contribution in [2.45, 2.75) is 83.2 Å². The van der Waals surface area contributed by atoms with Crippen molar-refractivity contribution in [3.63, 3.8) is 0 Å². The molecule has 2 amide bonds. The lowest BCUT2D eigenvalue weighted by molar-refractivity contribution is -0.142. The molecule has 0 spiro atoms. The largest absolute Gasteiger partial charge is 0.477 e. The maximum absolute atomic E-state index is 13.9. The van der Waals surface area contributed by atoms with Crippen LogP contribution in [0.2, 0.25) is 0 Å². The Morgan fingerprint density at radius 3 is 2.49 bits per heavy atom. The molecule has 2 saturated carbocycles. The number of rotatable bonds is 7. The fourth-order valence-corrected chi connectivity index (χ4v) is 7.44. The normalized spacial score (nSPS) is 27.0. The lowest BCUT2D eigenvalue weighted by atomic mass is 9.76. The van der Waals surface area contributed by atoms with Crippen LogP contribution in [0, 0.1) is 30.6 Å². The molecule has 1 saturated heterocycles. The molecule has 0 radical (unpaired) electrons. The monoisotopic (exact) mass is 540 g/mol. The number of hydrogen-bond donors (Lipinski definition) is 4. The van der Waals surface area contributed by atoms with Gasteiger partial charge in [-0.15, -0.1) is 0 Å². The van der Waals surface area contributed by atoms with Crippen molar-refractivity contribution in [3.8, 4) is 0 Å². The Morgan fingerprint density at radius 2 is 1.82 bits per heavy atom. The van der Waals surface area contributed by atoms with Gasteiger partial charge in [0.2, 0.25) is 11.8 Å². The average molecular weight is 541 g/mol. The summed E-state index contributed by atoms with van der Waals surface area (Å²) in [5.41, 5.74) is 7.98. The SMILES string of the molecule is Cc1c(C(=O)O)[nH]c2ccc(NC(=O)[C@@H]3C(C4CCCCC4)CCN3C(=O)C3CCC([C@H](N)CF)CC3)cc12. The number of nitrogens with one attached hydrogen (secondary N) is 2. The molecular formula is C30H41FN4O4. The van der Waals surface area contributed by atoms with Gasteiger partial charge >= 0.3 is 5.97 Å². The first-order valence-electron chi connectivity index (χ1n) is 14.6. The van der Waals surface area contributed by atoms with E-state index >= 15 is 0 Å². The van der Waals surface area contributed by atoms with E-state index in [-0.39, 0.29) is 35.3 Å². The number of fused-ring (bicyclic) bond motifs is 1. The Bertz CT molecular complexity index is 1220. The van der Waals surface area contributed by atoms with Gasteiger partial charge in [0.05, 0.1) is 0 Å². The van der Waals surface area contributed by atoms with E-state index in [9.17, 15) is 23.9 Å². The Hall–Kier alpha value is -2.94. The van der Waals surface area contributed by atoms with Crippen molar-refractivity contribution >= 4 is 34.4 Å². The van der Waals surface area contributed by atoms with E-state index < -0.39 is 24.7 Å². The number of aromatic nitrogens is 1. The molecular weight excluding hydrogens is 499 g/mol. The number of carbonyl (C=O) groups is 3. The molecule has 1 aromatic heterocycles. The second-order valence-electron chi connectivity index (χ2n) is 11.9. The first-order valence-corrected chi connectivity index (χ1v) is 14.6. The number of H-pyrrole nitrogens is 1. The number of aryl methyl sites for hydroxylation is 1. The molecule has 3 fully saturated rings. The van der Waals surface area contributed by atoms with Crippen LogP contribution in [0.25, 0.3) is 10.9 Å². The maximum Gasteiger partial charge on any atom is 0.352 e. The van der Waals surface area contributed by atoms with Crippen LogP contribution in [0.1, 0.15) is 80.3 Å². The molecule has 2 heterocycles. The molecule has 3 atom stereocenters. The van der Waals surface area contributed by atoms with Crippen molar-refractivity contribution in [3.05, 3.63) is 29.5 Å². The van der Waals surface area contributed by atoms with E-state index in [1.807, 2.05) is 4.90 Å². The molecule has 212 valence electrons. The summed E-state index contributed by atoms with van der Waals surface area (Å²) in [4.78, 5) is 44.0. The number of nitrogens with zero attached hydrogens (tertiary/aromatic N) is 1. The van der Waals surface area contributed by atoms with Crippen LogP contribution >= 0.6 is 0 Å². The Balaban J connectivity index is 1.36. The summed E-state index contributed by atoms with van der Waals surface area (Å²) in [5.74, 6) is -0.633. The Morgan fingerprint density at radius 1 is 1.10 bits per heavy atom. The van der Waals surface area contributed by atoms with Crippen LogP contribution in [0.3, 0.4) is 0 Å². The van der Waals surface area contributed by atoms with Crippen LogP contribution in [-0.4, -0.2) is 58.1 Å². The zero-order chi connectivity index (χ0) is 27.7. The lowest BCUT2D eigenvalue weighted by Crippen LogP contribution is -2.50. The zero-order valence-electron chi connectivity index (χ0n) is 22.8. The molecule has 3 aliphatic rings. The predicted octanol–water partition coefficient (Wildman–Crippen LogP) is 5.01. The van der Waals surface area contributed by atoms with Gasteiger partial charge in [-0.3, -0.25) is 9.59 Å². The van der Waals surface area contributed by atoms with Crippen molar-refractivity contribution < 1.29 is 23.9 Å². The van der Waals surface area contributed by atoms with Crippen LogP contribution in [0.5, 0.6) is 0 Å². The minimum absolute atomic E-state index is 0.0451. The molecule has 1 unspecified atom stereocenters. The number of carbonyl (C=O) groups excluding carboxylic acids is 2. The summed E-state index contributed by atoms with van der Waals surface area (Å²) in [6.45, 7) is 1.80. The van der Waals surface area contributed by atoms with E-state index in [1.165, 1.54) is 6.42 Å². The van der Waals surface area contributed by atoms with E-state index in [4.69, 9.17) is 5.73 Å². The highest BCUT2D eigenvalue weighted by atomic mass is 19.1. The minimum atomic E-state index is -1.02. The van der Waals surface area contributed by atoms with E-state index in [1.54, 1.807) is 25.1 Å². The molecule has 9 heteroatoms. The highest BCUT2D eigenvalue weighted by Crippen LogP contribution is 2.41. The number of carboxylic acids is 1. The number of alkyl halides is 1. The molecule has 2 aliphatic carbocycles. The fraction of sp³-hybridized carbons (Fsp3) is 0.633. The third-order valence-corrected chi connectivity index (χ3v) is 9.70. The van der Waals surface area contributed by atoms with Gasteiger partial charge in [-0.25, -0.2) is 9.18 Å². The number of aromatic carboxylic acids is 1. The molecule has 1 aliphatic heterocycles. The maximum atomic E-state index is 13.9. The molecule has 5 N–H and O–H groups in total. The van der Waals surface area contributed by atoms with Gasteiger partial charge in [0.1, 0.15) is 18.4 Å². The van der Waals surface area contributed by atoms with Gasteiger partial charge in [-0.1, -0.05) is 32.1 Å². The molecule has 1 aromatic carbocycles. The number of nitrogens with two attached hydrogens (primary N) is 1. The third kappa shape index (κ3) is 5.55. The molecule has 2 aromatic rings. The first kappa shape index (κ1) is 27.6. The van der Waals surface area contributed by atoms with Crippen molar-refractivity contribution in [1.29, 1.82) is 0 Å². The second kappa shape index (κ2) is 11.7. The second-order valence-corrected chi connectivity index (χ2v) is 11.9. The predicted molar refractivity (Wildman–Crippen MR) is 148 cm³/mol. The Labute approximate surface area is 228 Å². The van der Waals surface area contributed by atoms with Gasteiger partial charge in [0.15, 0.2) is 0 Å². The summed E-state index contributed by atoms with van der Waals surface area (Å²) >= 11 is 0. The van der Waals surface area contributed by atoms with Gasteiger partial charge in [-0.2, -0.15) is 0 Å². The van der Waals surface area contributed by atoms with Crippen molar-refractivity contribution in [2.75, 3.05) is 18.5 Å². The number of benzene rings is 1. The van der Waals surface area contributed by atoms with Crippen LogP contribution in [0.15, 0.2) is 18.2 Å². The third-order valence-electron chi connectivity index (χ3n) is 9.70. The average Bonchev–Trinajstić information content (AvgIpc) is 3.54.